The molecule has 1 aliphatic heterocycles. The number of benzene rings is 4. The molecule has 1 aliphatic carbocycles. The molecule has 2 aliphatic rings. The summed E-state index contributed by atoms with van der Waals surface area (Å²) in [5, 5.41) is 14.0. The third-order valence-electron chi connectivity index (χ3n) is 8.25. The van der Waals surface area contributed by atoms with Crippen molar-refractivity contribution < 1.29 is 14.6 Å². The Kier molecular flexibility index (Phi) is 6.67. The number of methoxy groups -OCH3 is 2. The van der Waals surface area contributed by atoms with Crippen LogP contribution in [0, 0.1) is 0 Å². The molecule has 0 radical (unpaired) electrons. The van der Waals surface area contributed by atoms with E-state index in [1.807, 2.05) is 66.7 Å². The van der Waals surface area contributed by atoms with Gasteiger partial charge in [-0.1, -0.05) is 72.0 Å². The normalized spacial score (nSPS) is 16.6. The van der Waals surface area contributed by atoms with E-state index in [0.717, 1.165) is 46.7 Å². The monoisotopic (exact) mass is 574 g/mol. The molecule has 1 unspecified atom stereocenters. The number of aromatic nitrogens is 1. The summed E-state index contributed by atoms with van der Waals surface area (Å²) < 4.78 is 13.0. The maximum absolute atomic E-state index is 14.1. The van der Waals surface area contributed by atoms with Gasteiger partial charge in [-0.3, -0.25) is 9.36 Å². The van der Waals surface area contributed by atoms with E-state index in [9.17, 15) is 9.90 Å². The van der Waals surface area contributed by atoms with E-state index in [4.69, 9.17) is 14.5 Å². The number of nitrogens with zero attached hydrogens (tertiary/aromatic N) is 2. The topological polar surface area (TPSA) is 73.0 Å². The highest BCUT2D eigenvalue weighted by atomic mass is 32.1. The molecule has 0 amide bonds. The molecule has 5 aromatic rings. The second kappa shape index (κ2) is 10.7. The average molecular weight is 575 g/mol. The Morgan fingerprint density at radius 2 is 1.69 bits per heavy atom. The number of allylic oxidation sites excluding steroid dienone is 1. The summed E-state index contributed by atoms with van der Waals surface area (Å²) >= 11 is 1.32. The van der Waals surface area contributed by atoms with Gasteiger partial charge in [0.15, 0.2) is 16.3 Å². The third kappa shape index (κ3) is 4.41. The lowest BCUT2D eigenvalue weighted by atomic mass is 9.89. The zero-order chi connectivity index (χ0) is 28.8. The fraction of sp³-hybridized carbons (Fsp3) is 0.200. The summed E-state index contributed by atoms with van der Waals surface area (Å²) in [4.78, 5) is 19.6. The number of aryl methyl sites for hydroxylation is 2. The van der Waals surface area contributed by atoms with Gasteiger partial charge in [-0.05, 0) is 83.0 Å². The standard InChI is InChI=1S/C35H30N2O4S/c1-40-28-17-14-21(18-29(28)41-2)19-30-34(39)37-32(27-13-7-11-23-9-5-6-12-26(23)27)33(38)31(36-35(37)42-30)25-16-15-22-8-3-4-10-24(22)20-25/h5-7,9,11-20,32,38H,3-4,8,10H2,1-2H3/b30-19+. The quantitative estimate of drug-likeness (QED) is 0.282. The van der Waals surface area contributed by atoms with Crippen LogP contribution >= 0.6 is 11.3 Å². The maximum atomic E-state index is 14.1. The predicted octanol–water partition coefficient (Wildman–Crippen LogP) is 5.94. The SMILES string of the molecule is COc1ccc(/C=c2/sc3n(c2=O)C(c2cccc4ccccc24)C(O)=C(c2ccc4c(c2)CCCC4)N=3)cc1OC. The number of rotatable bonds is 5. The van der Waals surface area contributed by atoms with Gasteiger partial charge in [0, 0.05) is 5.56 Å². The van der Waals surface area contributed by atoms with Crippen LogP contribution in [0.15, 0.2) is 94.4 Å². The highest BCUT2D eigenvalue weighted by Crippen LogP contribution is 2.37. The molecule has 0 fully saturated rings. The fourth-order valence-corrected chi connectivity index (χ4v) is 7.16. The molecule has 0 spiro atoms. The summed E-state index contributed by atoms with van der Waals surface area (Å²) in [6, 6.07) is 25.3. The minimum atomic E-state index is -0.717. The van der Waals surface area contributed by atoms with Gasteiger partial charge in [0.05, 0.1) is 18.8 Å². The van der Waals surface area contributed by atoms with Crippen molar-refractivity contribution in [1.82, 2.24) is 4.57 Å². The number of hydrogen-bond donors (Lipinski definition) is 1. The highest BCUT2D eigenvalue weighted by Gasteiger charge is 2.31. The number of fused-ring (bicyclic) bond motifs is 3. The lowest BCUT2D eigenvalue weighted by Crippen LogP contribution is -2.38. The van der Waals surface area contributed by atoms with E-state index >= 15 is 0 Å². The maximum Gasteiger partial charge on any atom is 0.271 e. The largest absolute Gasteiger partial charge is 0.507 e. The van der Waals surface area contributed by atoms with Crippen molar-refractivity contribution >= 4 is 33.9 Å². The van der Waals surface area contributed by atoms with Crippen molar-refractivity contribution in [2.75, 3.05) is 14.2 Å². The van der Waals surface area contributed by atoms with E-state index in [1.54, 1.807) is 18.8 Å². The van der Waals surface area contributed by atoms with E-state index in [-0.39, 0.29) is 11.3 Å². The lowest BCUT2D eigenvalue weighted by Gasteiger charge is -2.25. The summed E-state index contributed by atoms with van der Waals surface area (Å²) in [7, 11) is 3.18. The van der Waals surface area contributed by atoms with Crippen molar-refractivity contribution in [2.24, 2.45) is 4.99 Å². The Balaban J connectivity index is 1.47. The minimum Gasteiger partial charge on any atom is -0.507 e. The van der Waals surface area contributed by atoms with Gasteiger partial charge in [-0.25, -0.2) is 4.99 Å². The van der Waals surface area contributed by atoms with Gasteiger partial charge in [-0.15, -0.1) is 0 Å². The molecular weight excluding hydrogens is 544 g/mol. The Hall–Kier alpha value is -4.62. The minimum absolute atomic E-state index is 0.0761. The van der Waals surface area contributed by atoms with Crippen molar-refractivity contribution in [3.05, 3.63) is 132 Å². The van der Waals surface area contributed by atoms with Crippen LogP contribution in [0.25, 0.3) is 22.5 Å². The number of hydrogen-bond acceptors (Lipinski definition) is 6. The molecule has 0 bridgehead atoms. The van der Waals surface area contributed by atoms with Crippen LogP contribution in [0.5, 0.6) is 11.5 Å². The second-order valence-corrected chi connectivity index (χ2v) is 11.7. The molecule has 1 N–H and O–H groups in total. The molecule has 7 rings (SSSR count). The number of aliphatic hydroxyl groups is 1. The van der Waals surface area contributed by atoms with Gasteiger partial charge < -0.3 is 14.6 Å². The van der Waals surface area contributed by atoms with Crippen molar-refractivity contribution in [1.29, 1.82) is 0 Å². The molecular formula is C35H30N2O4S. The Morgan fingerprint density at radius 3 is 2.52 bits per heavy atom. The number of thiazole rings is 1. The van der Waals surface area contributed by atoms with Gasteiger partial charge in [-0.2, -0.15) is 0 Å². The van der Waals surface area contributed by atoms with Crippen LogP contribution in [0.3, 0.4) is 0 Å². The third-order valence-corrected chi connectivity index (χ3v) is 9.23. The van der Waals surface area contributed by atoms with Crippen LogP contribution in [0.4, 0.5) is 0 Å². The molecule has 1 aromatic heterocycles. The van der Waals surface area contributed by atoms with Crippen LogP contribution in [0.2, 0.25) is 0 Å². The first-order valence-corrected chi connectivity index (χ1v) is 14.9. The number of aliphatic hydroxyl groups excluding tert-OH is 1. The van der Waals surface area contributed by atoms with Crippen LogP contribution in [-0.4, -0.2) is 23.9 Å². The fourth-order valence-electron chi connectivity index (χ4n) is 6.16. The van der Waals surface area contributed by atoms with Crippen molar-refractivity contribution in [3.63, 3.8) is 0 Å². The smallest absolute Gasteiger partial charge is 0.271 e. The molecule has 7 heteroatoms. The van der Waals surface area contributed by atoms with E-state index in [0.29, 0.717) is 26.5 Å². The first kappa shape index (κ1) is 26.3. The Bertz CT molecular complexity index is 2070. The zero-order valence-corrected chi connectivity index (χ0v) is 24.3. The molecule has 210 valence electrons. The average Bonchev–Trinajstić information content (AvgIpc) is 3.34. The molecule has 42 heavy (non-hydrogen) atoms. The predicted molar refractivity (Wildman–Crippen MR) is 167 cm³/mol. The van der Waals surface area contributed by atoms with Gasteiger partial charge in [0.25, 0.3) is 5.56 Å². The summed E-state index contributed by atoms with van der Waals surface area (Å²) in [6.45, 7) is 0. The Morgan fingerprint density at radius 1 is 0.905 bits per heavy atom. The first-order valence-electron chi connectivity index (χ1n) is 14.1. The van der Waals surface area contributed by atoms with Gasteiger partial charge >= 0.3 is 0 Å². The highest BCUT2D eigenvalue weighted by molar-refractivity contribution is 7.07. The van der Waals surface area contributed by atoms with Crippen LogP contribution in [-0.2, 0) is 12.8 Å². The molecule has 1 atom stereocenters. The molecule has 4 aromatic carbocycles. The van der Waals surface area contributed by atoms with Crippen LogP contribution < -0.4 is 24.4 Å². The molecule has 0 saturated heterocycles. The second-order valence-electron chi connectivity index (χ2n) is 10.7. The van der Waals surface area contributed by atoms with Gasteiger partial charge in [0.2, 0.25) is 0 Å². The van der Waals surface area contributed by atoms with Crippen molar-refractivity contribution in [2.45, 2.75) is 31.7 Å². The van der Waals surface area contributed by atoms with Crippen molar-refractivity contribution in [3.8, 4) is 11.5 Å². The van der Waals surface area contributed by atoms with Crippen LogP contribution in [0.1, 0.15) is 46.7 Å². The van der Waals surface area contributed by atoms with Gasteiger partial charge in [0.1, 0.15) is 17.5 Å². The number of ether oxygens (including phenoxy) is 2. The zero-order valence-electron chi connectivity index (χ0n) is 23.5. The molecule has 6 nitrogen and oxygen atoms in total. The first-order chi connectivity index (χ1) is 20.6. The summed E-state index contributed by atoms with van der Waals surface area (Å²) in [5.74, 6) is 1.28. The Labute approximate surface area is 247 Å². The molecule has 2 heterocycles. The molecule has 0 saturated carbocycles. The van der Waals surface area contributed by atoms with E-state index < -0.39 is 6.04 Å². The van der Waals surface area contributed by atoms with E-state index in [1.165, 1.54) is 28.9 Å². The lowest BCUT2D eigenvalue weighted by molar-refractivity contribution is 0.342. The summed E-state index contributed by atoms with van der Waals surface area (Å²) in [5.41, 5.74) is 5.52. The summed E-state index contributed by atoms with van der Waals surface area (Å²) in [6.07, 6.45) is 6.31. The van der Waals surface area contributed by atoms with E-state index in [2.05, 4.69) is 18.2 Å².